The largest absolute Gasteiger partial charge is 0.494 e. The van der Waals surface area contributed by atoms with Crippen molar-refractivity contribution in [3.05, 3.63) is 65.9 Å². The van der Waals surface area contributed by atoms with Gasteiger partial charge in [-0.05, 0) is 23.8 Å². The Morgan fingerprint density at radius 1 is 1.11 bits per heavy atom. The Kier molecular flexibility index (Phi) is 7.76. The van der Waals surface area contributed by atoms with Gasteiger partial charge >= 0.3 is 6.18 Å². The van der Waals surface area contributed by atoms with Crippen molar-refractivity contribution in [2.45, 2.75) is 17.6 Å². The van der Waals surface area contributed by atoms with Crippen molar-refractivity contribution in [3.8, 4) is 5.75 Å². The molecule has 1 aliphatic heterocycles. The average Bonchev–Trinajstić information content (AvgIpc) is 2.87. The first-order valence-corrected chi connectivity index (χ1v) is 12.8. The number of primary sulfonamides is 1. The van der Waals surface area contributed by atoms with Crippen molar-refractivity contribution in [2.75, 3.05) is 48.9 Å². The topological polar surface area (TPSA) is 119 Å². The van der Waals surface area contributed by atoms with Crippen LogP contribution in [0, 0.1) is 0 Å². The first-order chi connectivity index (χ1) is 17.6. The highest BCUT2D eigenvalue weighted by Gasteiger charge is 2.34. The molecule has 4 rings (SSSR count). The van der Waals surface area contributed by atoms with Crippen LogP contribution in [-0.4, -0.2) is 46.8 Å². The van der Waals surface area contributed by atoms with Crippen LogP contribution < -0.4 is 25.4 Å². The zero-order chi connectivity index (χ0) is 26.6. The Morgan fingerprint density at radius 3 is 2.51 bits per heavy atom. The number of rotatable bonds is 8. The van der Waals surface area contributed by atoms with Crippen LogP contribution in [0.1, 0.15) is 11.1 Å². The van der Waals surface area contributed by atoms with Crippen LogP contribution in [0.15, 0.2) is 59.6 Å². The van der Waals surface area contributed by atoms with Gasteiger partial charge in [0.05, 0.1) is 42.2 Å². The molecule has 0 aliphatic carbocycles. The van der Waals surface area contributed by atoms with Crippen LogP contribution in [0.3, 0.4) is 0 Å². The molecule has 37 heavy (non-hydrogen) atoms. The van der Waals surface area contributed by atoms with Gasteiger partial charge in [-0.1, -0.05) is 18.2 Å². The predicted octanol–water partition coefficient (Wildman–Crippen LogP) is 3.95. The molecule has 0 saturated carbocycles. The second kappa shape index (κ2) is 10.8. The molecule has 0 unspecified atom stereocenters. The van der Waals surface area contributed by atoms with Gasteiger partial charge in [0, 0.05) is 43.7 Å². The quantitative estimate of drug-likeness (QED) is 0.395. The van der Waals surface area contributed by atoms with Crippen molar-refractivity contribution in [3.63, 3.8) is 0 Å². The van der Waals surface area contributed by atoms with E-state index in [9.17, 15) is 21.6 Å². The van der Waals surface area contributed by atoms with Gasteiger partial charge in [0.1, 0.15) is 11.6 Å². The van der Waals surface area contributed by atoms with Crippen LogP contribution in [0.5, 0.6) is 5.75 Å². The van der Waals surface area contributed by atoms with Crippen LogP contribution in [0.4, 0.5) is 36.1 Å². The molecule has 1 fully saturated rings. The maximum Gasteiger partial charge on any atom is 0.419 e. The summed E-state index contributed by atoms with van der Waals surface area (Å²) in [5.41, 5.74) is 0.392. The number of pyridine rings is 1. The maximum atomic E-state index is 13.7. The number of nitrogens with zero attached hydrogens (tertiary/aromatic N) is 2. The minimum Gasteiger partial charge on any atom is -0.494 e. The molecular formula is C24H26F3N5O4S. The lowest BCUT2D eigenvalue weighted by atomic mass is 10.1. The van der Waals surface area contributed by atoms with E-state index in [1.807, 2.05) is 12.1 Å². The second-order valence-electron chi connectivity index (χ2n) is 8.23. The molecule has 3 aromatic rings. The van der Waals surface area contributed by atoms with E-state index >= 15 is 0 Å². The normalized spacial score (nSPS) is 14.4. The van der Waals surface area contributed by atoms with Gasteiger partial charge in [-0.3, -0.25) is 0 Å². The van der Waals surface area contributed by atoms with Crippen molar-refractivity contribution < 1.29 is 31.1 Å². The molecule has 198 valence electrons. The molecule has 0 atom stereocenters. The van der Waals surface area contributed by atoms with E-state index in [-0.39, 0.29) is 28.5 Å². The van der Waals surface area contributed by atoms with Gasteiger partial charge in [0.2, 0.25) is 10.0 Å². The Labute approximate surface area is 212 Å². The summed E-state index contributed by atoms with van der Waals surface area (Å²) in [6.07, 6.45) is -3.98. The van der Waals surface area contributed by atoms with Crippen molar-refractivity contribution in [1.82, 2.24) is 4.98 Å². The number of sulfonamides is 1. The molecule has 0 spiro atoms. The summed E-state index contributed by atoms with van der Waals surface area (Å²) in [5, 5.41) is 10.9. The lowest BCUT2D eigenvalue weighted by Crippen LogP contribution is -2.36. The molecule has 9 nitrogen and oxygen atoms in total. The Hall–Kier alpha value is -3.55. The Morgan fingerprint density at radius 2 is 1.84 bits per heavy atom. The molecule has 1 saturated heterocycles. The smallest absolute Gasteiger partial charge is 0.419 e. The Bertz CT molecular complexity index is 1360. The average molecular weight is 538 g/mol. The molecule has 4 N–H and O–H groups in total. The highest BCUT2D eigenvalue weighted by Crippen LogP contribution is 2.37. The van der Waals surface area contributed by atoms with Gasteiger partial charge in [-0.2, -0.15) is 13.2 Å². The summed E-state index contributed by atoms with van der Waals surface area (Å²) < 4.78 is 75.7. The lowest BCUT2D eigenvalue weighted by molar-refractivity contribution is -0.137. The monoisotopic (exact) mass is 537 g/mol. The number of hydrogen-bond donors (Lipinski definition) is 3. The van der Waals surface area contributed by atoms with E-state index in [0.29, 0.717) is 30.8 Å². The van der Waals surface area contributed by atoms with Crippen molar-refractivity contribution in [2.24, 2.45) is 5.14 Å². The van der Waals surface area contributed by atoms with Gasteiger partial charge in [-0.15, -0.1) is 0 Å². The third-order valence-corrected chi connectivity index (χ3v) is 6.79. The van der Waals surface area contributed by atoms with Gasteiger partial charge in [-0.25, -0.2) is 18.5 Å². The zero-order valence-electron chi connectivity index (χ0n) is 19.9. The first kappa shape index (κ1) is 26.5. The number of anilines is 4. The summed E-state index contributed by atoms with van der Waals surface area (Å²) in [6.45, 7) is 2.50. The summed E-state index contributed by atoms with van der Waals surface area (Å²) in [7, 11) is -2.56. The molecule has 1 aromatic heterocycles. The van der Waals surface area contributed by atoms with Gasteiger partial charge < -0.3 is 25.0 Å². The third-order valence-electron chi connectivity index (χ3n) is 5.78. The van der Waals surface area contributed by atoms with Gasteiger partial charge in [0.25, 0.3) is 0 Å². The highest BCUT2D eigenvalue weighted by molar-refractivity contribution is 7.89. The molecule has 0 amide bonds. The summed E-state index contributed by atoms with van der Waals surface area (Å²) >= 11 is 0. The SMILES string of the molecule is COc1cc(N2CCOCC2)ccc1Nc1cc(NCc2ccccc2S(N)(=O)=O)c(C(F)(F)F)cn1. The fourth-order valence-electron chi connectivity index (χ4n) is 3.95. The molecular weight excluding hydrogens is 511 g/mol. The van der Waals surface area contributed by atoms with Crippen LogP contribution >= 0.6 is 0 Å². The summed E-state index contributed by atoms with van der Waals surface area (Å²) in [6, 6.07) is 12.5. The number of morpholine rings is 1. The van der Waals surface area contributed by atoms with E-state index in [1.54, 1.807) is 12.1 Å². The number of aromatic nitrogens is 1. The van der Waals surface area contributed by atoms with Crippen LogP contribution in [-0.2, 0) is 27.5 Å². The fourth-order valence-corrected chi connectivity index (χ4v) is 4.73. The lowest BCUT2D eigenvalue weighted by Gasteiger charge is -2.29. The number of ether oxygens (including phenoxy) is 2. The minimum absolute atomic E-state index is 0.132. The van der Waals surface area contributed by atoms with Crippen molar-refractivity contribution in [1.29, 1.82) is 0 Å². The molecule has 0 radical (unpaired) electrons. The number of halogens is 3. The van der Waals surface area contributed by atoms with Crippen LogP contribution in [0.2, 0.25) is 0 Å². The molecule has 13 heteroatoms. The first-order valence-electron chi connectivity index (χ1n) is 11.3. The van der Waals surface area contributed by atoms with Crippen LogP contribution in [0.25, 0.3) is 0 Å². The van der Waals surface area contributed by atoms with Gasteiger partial charge in [0.15, 0.2) is 0 Å². The molecule has 0 bridgehead atoms. The van der Waals surface area contributed by atoms with E-state index in [0.717, 1.165) is 18.8 Å². The van der Waals surface area contributed by atoms with E-state index in [1.165, 1.54) is 31.4 Å². The number of methoxy groups -OCH3 is 1. The molecule has 1 aliphatic rings. The predicted molar refractivity (Wildman–Crippen MR) is 134 cm³/mol. The number of alkyl halides is 3. The number of nitrogens with two attached hydrogens (primary N) is 1. The fraction of sp³-hybridized carbons (Fsp3) is 0.292. The Balaban J connectivity index is 1.61. The third kappa shape index (κ3) is 6.42. The maximum absolute atomic E-state index is 13.7. The zero-order valence-corrected chi connectivity index (χ0v) is 20.7. The minimum atomic E-state index is -4.69. The number of hydrogen-bond acceptors (Lipinski definition) is 8. The summed E-state index contributed by atoms with van der Waals surface area (Å²) in [5.74, 6) is 0.620. The second-order valence-corrected chi connectivity index (χ2v) is 9.76. The van der Waals surface area contributed by atoms with Crippen molar-refractivity contribution >= 4 is 32.9 Å². The highest BCUT2D eigenvalue weighted by atomic mass is 32.2. The number of benzene rings is 2. The number of nitrogens with one attached hydrogen (secondary N) is 2. The van der Waals surface area contributed by atoms with E-state index < -0.39 is 21.8 Å². The molecule has 2 heterocycles. The molecule has 2 aromatic carbocycles. The van der Waals surface area contributed by atoms with E-state index in [2.05, 4.69) is 20.5 Å². The van der Waals surface area contributed by atoms with E-state index in [4.69, 9.17) is 14.6 Å². The summed E-state index contributed by atoms with van der Waals surface area (Å²) in [4.78, 5) is 5.90. The standard InChI is InChI=1S/C24H26F3N5O4S/c1-35-21-12-17(32-8-10-36-11-9-32)6-7-19(21)31-23-13-20(18(15-30-23)24(25,26)27)29-14-16-4-2-3-5-22(16)37(28,33)34/h2-7,12-13,15H,8-11,14H2,1H3,(H2,28,33,34)(H2,29,30,31).